The minimum Gasteiger partial charge on any atom is -0.495 e. The van der Waals surface area contributed by atoms with Gasteiger partial charge < -0.3 is 19.7 Å². The second-order valence-corrected chi connectivity index (χ2v) is 9.60. The molecule has 0 aromatic heterocycles. The van der Waals surface area contributed by atoms with Crippen LogP contribution in [0.5, 0.6) is 5.75 Å². The largest absolute Gasteiger partial charge is 0.495 e. The van der Waals surface area contributed by atoms with E-state index < -0.39 is 0 Å². The van der Waals surface area contributed by atoms with Gasteiger partial charge in [-0.3, -0.25) is 4.79 Å². The van der Waals surface area contributed by atoms with Crippen molar-refractivity contribution in [3.63, 3.8) is 0 Å². The van der Waals surface area contributed by atoms with Crippen molar-refractivity contribution in [1.82, 2.24) is 4.90 Å². The van der Waals surface area contributed by atoms with Gasteiger partial charge in [0.25, 0.3) is 0 Å². The highest BCUT2D eigenvalue weighted by atomic mass is 16.5. The molecule has 3 atom stereocenters. The van der Waals surface area contributed by atoms with Crippen molar-refractivity contribution in [2.24, 2.45) is 11.8 Å². The van der Waals surface area contributed by atoms with Gasteiger partial charge in [0, 0.05) is 30.6 Å². The Hall–Kier alpha value is -1.59. The second kappa shape index (κ2) is 7.59. The maximum absolute atomic E-state index is 12.8. The Labute approximate surface area is 174 Å². The van der Waals surface area contributed by atoms with Crippen LogP contribution in [0, 0.1) is 11.8 Å². The van der Waals surface area contributed by atoms with Gasteiger partial charge in [0.1, 0.15) is 5.75 Å². The van der Waals surface area contributed by atoms with E-state index in [2.05, 4.69) is 29.4 Å². The van der Waals surface area contributed by atoms with E-state index in [4.69, 9.17) is 9.47 Å². The molecule has 0 spiro atoms. The Morgan fingerprint density at radius 1 is 1.21 bits per heavy atom. The Kier molecular flexibility index (Phi) is 5.07. The molecule has 1 amide bonds. The summed E-state index contributed by atoms with van der Waals surface area (Å²) < 4.78 is 11.2. The fourth-order valence-corrected chi connectivity index (χ4v) is 6.70. The number of ether oxygens (including phenoxy) is 2. The van der Waals surface area contributed by atoms with E-state index in [1.807, 2.05) is 0 Å². The molecule has 1 unspecified atom stereocenters. The third-order valence-corrected chi connectivity index (χ3v) is 8.28. The average Bonchev–Trinajstić information content (AvgIpc) is 2.76. The van der Waals surface area contributed by atoms with Gasteiger partial charge in [-0.15, -0.1) is 0 Å². The Balaban J connectivity index is 1.50. The SMILES string of the molecule is COc1cc2c(cc1NC(=O)C1CCOCC1)C[C@H]1C3CCCC[C@@]23CCN1C. The number of anilines is 1. The lowest BCUT2D eigenvalue weighted by Gasteiger charge is -2.58. The average molecular weight is 399 g/mol. The summed E-state index contributed by atoms with van der Waals surface area (Å²) in [6.45, 7) is 2.54. The highest BCUT2D eigenvalue weighted by molar-refractivity contribution is 5.94. The Morgan fingerprint density at radius 3 is 2.83 bits per heavy atom. The van der Waals surface area contributed by atoms with Gasteiger partial charge >= 0.3 is 0 Å². The summed E-state index contributed by atoms with van der Waals surface area (Å²) in [6.07, 6.45) is 9.27. The zero-order valence-electron chi connectivity index (χ0n) is 17.8. The summed E-state index contributed by atoms with van der Waals surface area (Å²) >= 11 is 0. The highest BCUT2D eigenvalue weighted by Crippen LogP contribution is 2.56. The van der Waals surface area contributed by atoms with Crippen molar-refractivity contribution in [1.29, 1.82) is 0 Å². The predicted octanol–water partition coefficient (Wildman–Crippen LogP) is 3.75. The number of carbonyl (C=O) groups excluding carboxylic acids is 1. The van der Waals surface area contributed by atoms with E-state index in [9.17, 15) is 4.79 Å². The normalized spacial score (nSPS) is 32.2. The number of piperidine rings is 1. The summed E-state index contributed by atoms with van der Waals surface area (Å²) in [6, 6.07) is 5.13. The molecule has 2 bridgehead atoms. The molecular weight excluding hydrogens is 364 g/mol. The monoisotopic (exact) mass is 398 g/mol. The molecule has 2 heterocycles. The third-order valence-electron chi connectivity index (χ3n) is 8.28. The lowest BCUT2D eigenvalue weighted by atomic mass is 9.52. The zero-order chi connectivity index (χ0) is 20.0. The maximum Gasteiger partial charge on any atom is 0.227 e. The number of likely N-dealkylation sites (N-methyl/N-ethyl adjacent to an activating group) is 1. The van der Waals surface area contributed by atoms with E-state index >= 15 is 0 Å². The van der Waals surface area contributed by atoms with E-state index in [1.165, 1.54) is 49.8 Å². The van der Waals surface area contributed by atoms with Crippen LogP contribution >= 0.6 is 0 Å². The molecule has 158 valence electrons. The number of fused-ring (bicyclic) bond motifs is 1. The number of nitrogens with zero attached hydrogens (tertiary/aromatic N) is 1. The quantitative estimate of drug-likeness (QED) is 0.843. The van der Waals surface area contributed by atoms with Crippen LogP contribution in [0.4, 0.5) is 5.69 Å². The molecular formula is C24H34N2O3. The highest BCUT2D eigenvalue weighted by Gasteiger charge is 2.53. The Morgan fingerprint density at radius 2 is 2.03 bits per heavy atom. The van der Waals surface area contributed by atoms with Crippen LogP contribution in [0.2, 0.25) is 0 Å². The topological polar surface area (TPSA) is 50.8 Å². The van der Waals surface area contributed by atoms with Gasteiger partial charge in [-0.05, 0) is 81.3 Å². The molecule has 2 saturated heterocycles. The molecule has 1 saturated carbocycles. The number of nitrogens with one attached hydrogen (secondary N) is 1. The summed E-state index contributed by atoms with van der Waals surface area (Å²) in [5.74, 6) is 1.72. The smallest absolute Gasteiger partial charge is 0.227 e. The van der Waals surface area contributed by atoms with Crippen LogP contribution in [0.15, 0.2) is 12.1 Å². The molecule has 4 aliphatic rings. The first-order valence-electron chi connectivity index (χ1n) is 11.4. The summed E-state index contributed by atoms with van der Waals surface area (Å²) in [7, 11) is 4.02. The molecule has 2 aliphatic carbocycles. The fourth-order valence-electron chi connectivity index (χ4n) is 6.70. The molecule has 1 N–H and O–H groups in total. The lowest BCUT2D eigenvalue weighted by Crippen LogP contribution is -2.59. The molecule has 5 nitrogen and oxygen atoms in total. The summed E-state index contributed by atoms with van der Waals surface area (Å²) in [5, 5.41) is 3.19. The molecule has 2 aliphatic heterocycles. The van der Waals surface area contributed by atoms with Gasteiger partial charge in [-0.1, -0.05) is 12.8 Å². The van der Waals surface area contributed by atoms with Crippen LogP contribution in [-0.2, 0) is 21.4 Å². The van der Waals surface area contributed by atoms with E-state index in [1.54, 1.807) is 7.11 Å². The Bertz CT molecular complexity index is 789. The molecule has 3 fully saturated rings. The predicted molar refractivity (Wildman–Crippen MR) is 114 cm³/mol. The number of benzene rings is 1. The van der Waals surface area contributed by atoms with Crippen molar-refractivity contribution in [2.75, 3.05) is 39.2 Å². The van der Waals surface area contributed by atoms with Gasteiger partial charge in [0.15, 0.2) is 0 Å². The fraction of sp³-hybridized carbons (Fsp3) is 0.708. The molecule has 29 heavy (non-hydrogen) atoms. The molecule has 5 rings (SSSR count). The van der Waals surface area contributed by atoms with Crippen molar-refractivity contribution in [3.8, 4) is 5.75 Å². The minimum absolute atomic E-state index is 0.0383. The molecule has 5 heteroatoms. The number of rotatable bonds is 3. The first-order valence-corrected chi connectivity index (χ1v) is 11.4. The number of methoxy groups -OCH3 is 1. The second-order valence-electron chi connectivity index (χ2n) is 9.60. The van der Waals surface area contributed by atoms with Crippen LogP contribution in [0.25, 0.3) is 0 Å². The van der Waals surface area contributed by atoms with Gasteiger partial charge in [0.2, 0.25) is 5.91 Å². The lowest BCUT2D eigenvalue weighted by molar-refractivity contribution is -0.122. The third kappa shape index (κ3) is 3.17. The first kappa shape index (κ1) is 19.4. The number of likely N-dealkylation sites (tertiary alicyclic amines) is 1. The minimum atomic E-state index is 0.0383. The van der Waals surface area contributed by atoms with Crippen LogP contribution < -0.4 is 10.1 Å². The van der Waals surface area contributed by atoms with Crippen molar-refractivity contribution < 1.29 is 14.3 Å². The first-order chi connectivity index (χ1) is 14.1. The van der Waals surface area contributed by atoms with Gasteiger partial charge in [0.05, 0.1) is 12.8 Å². The summed E-state index contributed by atoms with van der Waals surface area (Å²) in [4.78, 5) is 15.4. The number of carbonyl (C=O) groups is 1. The maximum atomic E-state index is 12.8. The molecule has 1 aromatic rings. The number of amides is 1. The molecule has 1 aromatic carbocycles. The van der Waals surface area contributed by atoms with Gasteiger partial charge in [-0.25, -0.2) is 0 Å². The van der Waals surface area contributed by atoms with Gasteiger partial charge in [-0.2, -0.15) is 0 Å². The van der Waals surface area contributed by atoms with Crippen LogP contribution in [-0.4, -0.2) is 50.8 Å². The summed E-state index contributed by atoms with van der Waals surface area (Å²) in [5.41, 5.74) is 4.07. The van der Waals surface area contributed by atoms with E-state index in [-0.39, 0.29) is 11.8 Å². The van der Waals surface area contributed by atoms with E-state index in [0.29, 0.717) is 24.7 Å². The molecule has 0 radical (unpaired) electrons. The number of hydrogen-bond donors (Lipinski definition) is 1. The van der Waals surface area contributed by atoms with Crippen molar-refractivity contribution >= 4 is 11.6 Å². The van der Waals surface area contributed by atoms with E-state index in [0.717, 1.165) is 36.6 Å². The zero-order valence-corrected chi connectivity index (χ0v) is 17.8. The standard InChI is InChI=1S/C24H34N2O3/c1-26-10-9-24-8-4-3-5-18(24)21(26)14-17-13-20(22(28-2)15-19(17)24)25-23(27)16-6-11-29-12-7-16/h13,15-16,18,21H,3-12,14H2,1-2H3,(H,25,27)/t18?,21-,24-/m0/s1. The van der Waals surface area contributed by atoms with Crippen molar-refractivity contribution in [2.45, 2.75) is 62.8 Å². The van der Waals surface area contributed by atoms with Crippen LogP contribution in [0.3, 0.4) is 0 Å². The number of hydrogen-bond acceptors (Lipinski definition) is 4. The van der Waals surface area contributed by atoms with Crippen molar-refractivity contribution in [3.05, 3.63) is 23.3 Å². The van der Waals surface area contributed by atoms with Crippen LogP contribution in [0.1, 0.15) is 56.1 Å².